The normalized spacial score (nSPS) is 15.7. The number of fused-ring (bicyclic) bond motifs is 3. The zero-order valence-corrected chi connectivity index (χ0v) is 19.3. The number of rotatable bonds is 5. The summed E-state index contributed by atoms with van der Waals surface area (Å²) in [4.78, 5) is 21.0. The van der Waals surface area contributed by atoms with Crippen LogP contribution in [-0.4, -0.2) is 16.7 Å². The minimum atomic E-state index is 0.0560. The third kappa shape index (κ3) is 3.90. The molecule has 0 radical (unpaired) electrons. The van der Waals surface area contributed by atoms with Gasteiger partial charge in [0.25, 0.3) is 5.56 Å². The van der Waals surface area contributed by atoms with Crippen LogP contribution < -0.4 is 10.3 Å². The fraction of sp³-hybridized carbons (Fsp3) is 0.280. The molecule has 31 heavy (non-hydrogen) atoms. The number of hydrogen-bond donors (Lipinski definition) is 0. The van der Waals surface area contributed by atoms with Crippen LogP contribution in [0, 0.1) is 5.92 Å². The summed E-state index contributed by atoms with van der Waals surface area (Å²) in [6.45, 7) is 2.29. The third-order valence-corrected chi connectivity index (χ3v) is 8.00. The summed E-state index contributed by atoms with van der Waals surface area (Å²) in [5, 5.41) is 1.57. The number of para-hydroxylation sites is 1. The van der Waals surface area contributed by atoms with Crippen molar-refractivity contribution in [3.8, 4) is 11.4 Å². The third-order valence-electron chi connectivity index (χ3n) is 5.84. The molecule has 2 aromatic carbocycles. The molecule has 0 saturated heterocycles. The second-order valence-electron chi connectivity index (χ2n) is 8.04. The van der Waals surface area contributed by atoms with Gasteiger partial charge in [0.1, 0.15) is 10.6 Å². The number of methoxy groups -OCH3 is 1. The summed E-state index contributed by atoms with van der Waals surface area (Å²) < 4.78 is 7.05. The summed E-state index contributed by atoms with van der Waals surface area (Å²) >= 11 is 3.31. The van der Waals surface area contributed by atoms with Crippen LogP contribution in [0.3, 0.4) is 0 Å². The highest BCUT2D eigenvalue weighted by atomic mass is 32.2. The topological polar surface area (TPSA) is 44.1 Å². The molecule has 0 unspecified atom stereocenters. The first-order valence-electron chi connectivity index (χ1n) is 10.5. The van der Waals surface area contributed by atoms with Crippen molar-refractivity contribution < 1.29 is 4.74 Å². The summed E-state index contributed by atoms with van der Waals surface area (Å²) in [6, 6.07) is 17.9. The Morgan fingerprint density at radius 2 is 1.94 bits per heavy atom. The number of aromatic nitrogens is 2. The lowest BCUT2D eigenvalue weighted by Crippen LogP contribution is -2.22. The van der Waals surface area contributed by atoms with Gasteiger partial charge in [0.2, 0.25) is 0 Å². The van der Waals surface area contributed by atoms with Gasteiger partial charge in [-0.25, -0.2) is 4.98 Å². The lowest BCUT2D eigenvalue weighted by molar-refractivity contribution is 0.414. The first-order chi connectivity index (χ1) is 15.1. The molecule has 5 rings (SSSR count). The quantitative estimate of drug-likeness (QED) is 0.283. The summed E-state index contributed by atoms with van der Waals surface area (Å²) in [6.07, 6.45) is 3.16. The van der Waals surface area contributed by atoms with Crippen LogP contribution in [-0.2, 0) is 18.6 Å². The van der Waals surface area contributed by atoms with Crippen LogP contribution in [0.15, 0.2) is 64.5 Å². The van der Waals surface area contributed by atoms with Crippen LogP contribution in [0.1, 0.15) is 29.3 Å². The standard InChI is InChI=1S/C25H24N2O2S2/c1-16-8-13-20-21(14-16)31-23-22(20)24(28)27(18-6-4-3-5-7-18)25(26-23)30-15-17-9-11-19(29-2)12-10-17/h3-7,9-12,16H,8,13-15H2,1-2H3/t16-/m0/s1. The van der Waals surface area contributed by atoms with Gasteiger partial charge in [-0.1, -0.05) is 49.0 Å². The zero-order chi connectivity index (χ0) is 21.4. The smallest absolute Gasteiger partial charge is 0.267 e. The van der Waals surface area contributed by atoms with Gasteiger partial charge >= 0.3 is 0 Å². The Morgan fingerprint density at radius 3 is 2.68 bits per heavy atom. The van der Waals surface area contributed by atoms with Crippen LogP contribution in [0.25, 0.3) is 15.9 Å². The van der Waals surface area contributed by atoms with Crippen molar-refractivity contribution in [2.45, 2.75) is 37.1 Å². The summed E-state index contributed by atoms with van der Waals surface area (Å²) in [5.74, 6) is 2.24. The van der Waals surface area contributed by atoms with Crippen LogP contribution >= 0.6 is 23.1 Å². The molecule has 4 nitrogen and oxygen atoms in total. The van der Waals surface area contributed by atoms with E-state index in [2.05, 4.69) is 19.1 Å². The maximum absolute atomic E-state index is 13.8. The Balaban J connectivity index is 1.61. The highest BCUT2D eigenvalue weighted by Gasteiger charge is 2.25. The Morgan fingerprint density at radius 1 is 1.16 bits per heavy atom. The Bertz CT molecular complexity index is 1280. The number of thioether (sulfide) groups is 1. The minimum absolute atomic E-state index is 0.0560. The molecule has 0 spiro atoms. The molecule has 0 bridgehead atoms. The molecule has 0 aliphatic heterocycles. The Labute approximate surface area is 189 Å². The number of thiophene rings is 1. The molecule has 158 valence electrons. The summed E-state index contributed by atoms with van der Waals surface area (Å²) in [7, 11) is 1.67. The van der Waals surface area contributed by atoms with E-state index < -0.39 is 0 Å². The fourth-order valence-corrected chi connectivity index (χ4v) is 6.53. The number of aryl methyl sites for hydroxylation is 1. The molecule has 2 aromatic heterocycles. The lowest BCUT2D eigenvalue weighted by Gasteiger charge is -2.17. The van der Waals surface area contributed by atoms with E-state index in [-0.39, 0.29) is 5.56 Å². The molecule has 1 aliphatic carbocycles. The highest BCUT2D eigenvalue weighted by Crippen LogP contribution is 2.37. The van der Waals surface area contributed by atoms with Gasteiger partial charge in [0, 0.05) is 10.6 Å². The van der Waals surface area contributed by atoms with Crippen LogP contribution in [0.5, 0.6) is 5.75 Å². The van der Waals surface area contributed by atoms with Crippen molar-refractivity contribution in [3.63, 3.8) is 0 Å². The highest BCUT2D eigenvalue weighted by molar-refractivity contribution is 7.98. The van der Waals surface area contributed by atoms with E-state index in [0.717, 1.165) is 51.8 Å². The van der Waals surface area contributed by atoms with Crippen molar-refractivity contribution in [2.24, 2.45) is 5.92 Å². The van der Waals surface area contributed by atoms with E-state index in [1.807, 2.05) is 42.5 Å². The van der Waals surface area contributed by atoms with Gasteiger partial charge < -0.3 is 4.74 Å². The second-order valence-corrected chi connectivity index (χ2v) is 10.1. The fourth-order valence-electron chi connectivity index (χ4n) is 4.14. The largest absolute Gasteiger partial charge is 0.497 e. The van der Waals surface area contributed by atoms with Crippen molar-refractivity contribution in [3.05, 3.63) is 81.0 Å². The first kappa shape index (κ1) is 20.3. The van der Waals surface area contributed by atoms with Crippen molar-refractivity contribution in [1.29, 1.82) is 0 Å². The minimum Gasteiger partial charge on any atom is -0.497 e. The van der Waals surface area contributed by atoms with E-state index in [0.29, 0.717) is 5.92 Å². The molecule has 0 saturated carbocycles. The predicted octanol–water partition coefficient (Wildman–Crippen LogP) is 5.87. The van der Waals surface area contributed by atoms with Gasteiger partial charge in [-0.15, -0.1) is 11.3 Å². The Hall–Kier alpha value is -2.57. The molecule has 2 heterocycles. The van der Waals surface area contributed by atoms with Crippen LogP contribution in [0.2, 0.25) is 0 Å². The first-order valence-corrected chi connectivity index (χ1v) is 12.3. The molecular weight excluding hydrogens is 424 g/mol. The average molecular weight is 449 g/mol. The van der Waals surface area contributed by atoms with E-state index >= 15 is 0 Å². The van der Waals surface area contributed by atoms with E-state index in [1.54, 1.807) is 34.8 Å². The zero-order valence-electron chi connectivity index (χ0n) is 17.6. The number of nitrogens with zero attached hydrogens (tertiary/aromatic N) is 2. The van der Waals surface area contributed by atoms with Gasteiger partial charge in [-0.3, -0.25) is 9.36 Å². The van der Waals surface area contributed by atoms with Crippen molar-refractivity contribution in [1.82, 2.24) is 9.55 Å². The van der Waals surface area contributed by atoms with Crippen molar-refractivity contribution in [2.75, 3.05) is 7.11 Å². The molecule has 4 aromatic rings. The van der Waals surface area contributed by atoms with Crippen LogP contribution in [0.4, 0.5) is 0 Å². The number of benzene rings is 2. The second kappa shape index (κ2) is 8.52. The summed E-state index contributed by atoms with van der Waals surface area (Å²) in [5.41, 5.74) is 3.31. The maximum atomic E-state index is 13.8. The van der Waals surface area contributed by atoms with Crippen molar-refractivity contribution >= 4 is 33.3 Å². The Kier molecular flexibility index (Phi) is 5.59. The van der Waals surface area contributed by atoms with E-state index in [1.165, 1.54) is 16.0 Å². The van der Waals surface area contributed by atoms with Gasteiger partial charge in [-0.05, 0) is 60.6 Å². The monoisotopic (exact) mass is 448 g/mol. The lowest BCUT2D eigenvalue weighted by atomic mass is 9.89. The predicted molar refractivity (Wildman–Crippen MR) is 129 cm³/mol. The maximum Gasteiger partial charge on any atom is 0.267 e. The van der Waals surface area contributed by atoms with E-state index in [9.17, 15) is 4.79 Å². The number of ether oxygens (including phenoxy) is 1. The molecular formula is C25H24N2O2S2. The molecule has 6 heteroatoms. The average Bonchev–Trinajstić information content (AvgIpc) is 3.16. The van der Waals surface area contributed by atoms with Gasteiger partial charge in [-0.2, -0.15) is 0 Å². The molecule has 0 N–H and O–H groups in total. The van der Waals surface area contributed by atoms with Gasteiger partial charge in [0.05, 0.1) is 18.2 Å². The number of hydrogen-bond acceptors (Lipinski definition) is 5. The molecule has 0 fully saturated rings. The SMILES string of the molecule is COc1ccc(CSc2nc3sc4c(c3c(=O)n2-c2ccccc2)CC[C@H](C)C4)cc1. The molecule has 1 aliphatic rings. The molecule has 0 amide bonds. The van der Waals surface area contributed by atoms with E-state index in [4.69, 9.17) is 9.72 Å². The van der Waals surface area contributed by atoms with Gasteiger partial charge in [0.15, 0.2) is 5.16 Å². The molecule has 1 atom stereocenters.